The van der Waals surface area contributed by atoms with Gasteiger partial charge in [0.25, 0.3) is 21.5 Å². The zero-order chi connectivity index (χ0) is 27.7. The van der Waals surface area contributed by atoms with E-state index in [-0.39, 0.29) is 17.6 Å². The number of ether oxygens (including phenoxy) is 2. The van der Waals surface area contributed by atoms with Crippen molar-refractivity contribution in [3.8, 4) is 22.8 Å². The summed E-state index contributed by atoms with van der Waals surface area (Å²) in [7, 11) is -4.26. The van der Waals surface area contributed by atoms with E-state index in [2.05, 4.69) is 9.82 Å². The van der Waals surface area contributed by atoms with Crippen LogP contribution in [0.4, 0.5) is 0 Å². The van der Waals surface area contributed by atoms with Crippen molar-refractivity contribution in [1.29, 1.82) is 0 Å². The Morgan fingerprint density at radius 2 is 1.59 bits per heavy atom. The van der Waals surface area contributed by atoms with E-state index in [0.717, 1.165) is 15.8 Å². The molecular weight excluding hydrogens is 518 g/mol. The second-order valence-corrected chi connectivity index (χ2v) is 11.2. The maximum Gasteiger partial charge on any atom is 0.270 e. The highest BCUT2D eigenvalue weighted by Crippen LogP contribution is 2.35. The first-order valence-corrected chi connectivity index (χ1v) is 13.8. The van der Waals surface area contributed by atoms with E-state index in [1.165, 1.54) is 12.1 Å². The van der Waals surface area contributed by atoms with Crippen LogP contribution in [-0.2, 0) is 14.8 Å². The molecule has 1 aliphatic heterocycles. The summed E-state index contributed by atoms with van der Waals surface area (Å²) in [6, 6.07) is 20.5. The maximum atomic E-state index is 13.8. The van der Waals surface area contributed by atoms with Crippen LogP contribution in [0.3, 0.4) is 0 Å². The summed E-state index contributed by atoms with van der Waals surface area (Å²) in [4.78, 5) is 27.0. The summed E-state index contributed by atoms with van der Waals surface area (Å²) < 4.78 is 40.5. The average molecular weight is 546 g/mol. The van der Waals surface area contributed by atoms with Gasteiger partial charge in [0.2, 0.25) is 6.79 Å². The standard InChI is InChI=1S/C29H27N3O6S/c1-18(2)20-9-12-23(13-10-20)39(35,36)31-28(33)27(22-11-14-25-26(16-22)38-17-37-25)32-29(34)19(3)15-24(30-32)21-7-5-4-6-8-21/h4-16,18,27H,17H2,1-3H3,(H,31,33). The van der Waals surface area contributed by atoms with Gasteiger partial charge >= 0.3 is 0 Å². The van der Waals surface area contributed by atoms with Gasteiger partial charge in [-0.25, -0.2) is 17.8 Å². The number of fused-ring (bicyclic) bond motifs is 1. The van der Waals surface area contributed by atoms with Crippen LogP contribution in [0.5, 0.6) is 11.5 Å². The molecular formula is C29H27N3O6S. The summed E-state index contributed by atoms with van der Waals surface area (Å²) in [6.07, 6.45) is 0. The van der Waals surface area contributed by atoms with Crippen LogP contribution in [0.15, 0.2) is 88.6 Å². The minimum Gasteiger partial charge on any atom is -0.454 e. The van der Waals surface area contributed by atoms with Crippen molar-refractivity contribution >= 4 is 15.9 Å². The van der Waals surface area contributed by atoms with Crippen molar-refractivity contribution in [2.45, 2.75) is 37.6 Å². The number of nitrogens with zero attached hydrogens (tertiary/aromatic N) is 2. The van der Waals surface area contributed by atoms with Crippen LogP contribution in [-0.4, -0.2) is 30.9 Å². The Balaban J connectivity index is 1.60. The quantitative estimate of drug-likeness (QED) is 0.371. The molecule has 0 saturated carbocycles. The zero-order valence-electron chi connectivity index (χ0n) is 21.6. The van der Waals surface area contributed by atoms with Crippen molar-refractivity contribution in [2.75, 3.05) is 6.79 Å². The van der Waals surface area contributed by atoms with Crippen LogP contribution in [0, 0.1) is 6.92 Å². The van der Waals surface area contributed by atoms with Gasteiger partial charge in [-0.2, -0.15) is 5.10 Å². The van der Waals surface area contributed by atoms with Gasteiger partial charge in [0.05, 0.1) is 10.6 Å². The van der Waals surface area contributed by atoms with E-state index in [9.17, 15) is 18.0 Å². The highest BCUT2D eigenvalue weighted by atomic mass is 32.2. The molecule has 0 spiro atoms. The molecule has 200 valence electrons. The Morgan fingerprint density at radius 1 is 0.923 bits per heavy atom. The smallest absolute Gasteiger partial charge is 0.270 e. The molecule has 5 rings (SSSR count). The van der Waals surface area contributed by atoms with Gasteiger partial charge in [0.15, 0.2) is 17.5 Å². The number of sulfonamides is 1. The van der Waals surface area contributed by atoms with E-state index in [1.807, 2.05) is 44.2 Å². The van der Waals surface area contributed by atoms with E-state index in [0.29, 0.717) is 28.3 Å². The number of hydrogen-bond acceptors (Lipinski definition) is 7. The van der Waals surface area contributed by atoms with Crippen LogP contribution in [0.1, 0.15) is 42.5 Å². The molecule has 0 fully saturated rings. The third-order valence-corrected chi connectivity index (χ3v) is 7.84. The molecule has 10 heteroatoms. The lowest BCUT2D eigenvalue weighted by Crippen LogP contribution is -2.42. The molecule has 1 amide bonds. The number of benzene rings is 3. The Bertz CT molecular complexity index is 1700. The van der Waals surface area contributed by atoms with Crippen LogP contribution in [0.2, 0.25) is 0 Å². The molecule has 1 unspecified atom stereocenters. The Hall–Kier alpha value is -4.44. The van der Waals surface area contributed by atoms with Crippen LogP contribution >= 0.6 is 0 Å². The summed E-state index contributed by atoms with van der Waals surface area (Å²) in [5, 5.41) is 4.50. The fourth-order valence-corrected chi connectivity index (χ4v) is 5.32. The molecule has 0 bridgehead atoms. The van der Waals surface area contributed by atoms with Crippen molar-refractivity contribution in [1.82, 2.24) is 14.5 Å². The van der Waals surface area contributed by atoms with Crippen LogP contribution < -0.4 is 19.8 Å². The number of nitrogens with one attached hydrogen (secondary N) is 1. The van der Waals surface area contributed by atoms with E-state index in [4.69, 9.17) is 9.47 Å². The molecule has 2 heterocycles. The number of aryl methyl sites for hydroxylation is 1. The van der Waals surface area contributed by atoms with Gasteiger partial charge in [-0.3, -0.25) is 9.59 Å². The summed E-state index contributed by atoms with van der Waals surface area (Å²) in [6.45, 7) is 5.63. The predicted octanol–water partition coefficient (Wildman–Crippen LogP) is 4.17. The number of aromatic nitrogens is 2. The number of amides is 1. The first kappa shape index (κ1) is 26.2. The monoisotopic (exact) mass is 545 g/mol. The minimum atomic E-state index is -4.26. The van der Waals surface area contributed by atoms with Crippen LogP contribution in [0.25, 0.3) is 11.3 Å². The molecule has 4 aromatic rings. The molecule has 1 aromatic heterocycles. The molecule has 0 radical (unpaired) electrons. The molecule has 3 aromatic carbocycles. The first-order valence-electron chi connectivity index (χ1n) is 12.4. The molecule has 9 nitrogen and oxygen atoms in total. The highest BCUT2D eigenvalue weighted by molar-refractivity contribution is 7.90. The lowest BCUT2D eigenvalue weighted by Gasteiger charge is -2.20. The van der Waals surface area contributed by atoms with Gasteiger partial charge in [-0.1, -0.05) is 62.4 Å². The van der Waals surface area contributed by atoms with Gasteiger partial charge < -0.3 is 9.47 Å². The average Bonchev–Trinajstić information content (AvgIpc) is 3.39. The number of carbonyl (C=O) groups is 1. The third kappa shape index (κ3) is 5.28. The van der Waals surface area contributed by atoms with E-state index < -0.39 is 27.5 Å². The fraction of sp³-hybridized carbons (Fsp3) is 0.207. The summed E-state index contributed by atoms with van der Waals surface area (Å²) in [5.41, 5.74) is 2.26. The number of rotatable bonds is 7. The second-order valence-electron chi connectivity index (χ2n) is 9.54. The summed E-state index contributed by atoms with van der Waals surface area (Å²) >= 11 is 0. The normalized spacial score (nSPS) is 13.3. The largest absolute Gasteiger partial charge is 0.454 e. The lowest BCUT2D eigenvalue weighted by molar-refractivity contribution is -0.121. The van der Waals surface area contributed by atoms with Gasteiger partial charge in [0, 0.05) is 11.1 Å². The van der Waals surface area contributed by atoms with Crippen molar-refractivity contribution in [3.05, 3.63) is 106 Å². The predicted molar refractivity (Wildman–Crippen MR) is 145 cm³/mol. The van der Waals surface area contributed by atoms with Crippen molar-refractivity contribution < 1.29 is 22.7 Å². The van der Waals surface area contributed by atoms with Gasteiger partial charge in [-0.15, -0.1) is 0 Å². The zero-order valence-corrected chi connectivity index (χ0v) is 22.4. The fourth-order valence-electron chi connectivity index (χ4n) is 4.33. The number of hydrogen-bond donors (Lipinski definition) is 1. The van der Waals surface area contributed by atoms with Crippen molar-refractivity contribution in [3.63, 3.8) is 0 Å². The van der Waals surface area contributed by atoms with E-state index >= 15 is 0 Å². The molecule has 1 aliphatic rings. The Kier molecular flexibility index (Phi) is 6.96. The van der Waals surface area contributed by atoms with Gasteiger partial charge in [0.1, 0.15) is 0 Å². The molecule has 1 atom stereocenters. The molecule has 39 heavy (non-hydrogen) atoms. The molecule has 0 aliphatic carbocycles. The lowest BCUT2D eigenvalue weighted by atomic mass is 10.0. The third-order valence-electron chi connectivity index (χ3n) is 6.48. The molecule has 0 saturated heterocycles. The Morgan fingerprint density at radius 3 is 2.28 bits per heavy atom. The Labute approximate surface area is 226 Å². The SMILES string of the molecule is Cc1cc(-c2ccccc2)nn(C(C(=O)NS(=O)(=O)c2ccc(C(C)C)cc2)c2ccc3c(c2)OCO3)c1=O. The number of carbonyl (C=O) groups excluding carboxylic acids is 1. The van der Waals surface area contributed by atoms with Gasteiger partial charge in [-0.05, 0) is 54.3 Å². The second kappa shape index (κ2) is 10.4. The summed E-state index contributed by atoms with van der Waals surface area (Å²) in [5.74, 6) is 0.123. The highest BCUT2D eigenvalue weighted by Gasteiger charge is 2.31. The molecule has 1 N–H and O–H groups in total. The van der Waals surface area contributed by atoms with E-state index in [1.54, 1.807) is 43.3 Å². The van der Waals surface area contributed by atoms with Crippen molar-refractivity contribution in [2.24, 2.45) is 0 Å². The first-order chi connectivity index (χ1) is 18.6. The maximum absolute atomic E-state index is 13.8. The minimum absolute atomic E-state index is 0.0111. The topological polar surface area (TPSA) is 117 Å².